The Labute approximate surface area is 142 Å². The summed E-state index contributed by atoms with van der Waals surface area (Å²) >= 11 is 0. The molecule has 2 rings (SSSR count). The zero-order valence-corrected chi connectivity index (χ0v) is 12.6. The number of hydrogen-bond acceptors (Lipinski definition) is 7. The highest BCUT2D eigenvalue weighted by Crippen LogP contribution is 2.41. The van der Waals surface area contributed by atoms with Crippen molar-refractivity contribution in [2.75, 3.05) is 5.73 Å². The average molecular weight is 411 g/mol. The molecular weight excluding hydrogens is 405 g/mol. The van der Waals surface area contributed by atoms with Gasteiger partial charge < -0.3 is 15.3 Å². The average Bonchev–Trinajstić information content (AvgIpc) is 2.93. The van der Waals surface area contributed by atoms with Crippen molar-refractivity contribution in [2.24, 2.45) is 0 Å². The van der Waals surface area contributed by atoms with Crippen molar-refractivity contribution < 1.29 is 49.0 Å². The second kappa shape index (κ2) is 5.93. The first-order valence-electron chi connectivity index (χ1n) is 6.41. The van der Waals surface area contributed by atoms with Gasteiger partial charge in [-0.2, -0.15) is 39.5 Å². The van der Waals surface area contributed by atoms with Crippen LogP contribution in [0.2, 0.25) is 0 Å². The molecule has 0 aliphatic rings. The Kier molecular flexibility index (Phi) is 4.54. The molecule has 0 saturated carbocycles. The van der Waals surface area contributed by atoms with E-state index in [0.29, 0.717) is 0 Å². The summed E-state index contributed by atoms with van der Waals surface area (Å²) in [5.41, 5.74) is -4.80. The lowest BCUT2D eigenvalue weighted by molar-refractivity contribution is -0.266. The number of alkyl halides is 9. The van der Waals surface area contributed by atoms with Gasteiger partial charge in [0.1, 0.15) is 0 Å². The first-order valence-corrected chi connectivity index (χ1v) is 6.41. The van der Waals surface area contributed by atoms with Crippen molar-refractivity contribution in [3.05, 3.63) is 17.3 Å². The summed E-state index contributed by atoms with van der Waals surface area (Å²) in [7, 11) is 0. The molecule has 1 atom stereocenters. The van der Waals surface area contributed by atoms with Crippen molar-refractivity contribution in [1.29, 1.82) is 0 Å². The van der Waals surface area contributed by atoms with Gasteiger partial charge in [0.25, 0.3) is 11.8 Å². The molecule has 0 fully saturated rings. The minimum absolute atomic E-state index is 0.202. The van der Waals surface area contributed by atoms with E-state index in [4.69, 9.17) is 5.73 Å². The van der Waals surface area contributed by atoms with Crippen LogP contribution in [0.15, 0.2) is 4.42 Å². The van der Waals surface area contributed by atoms with Crippen LogP contribution in [0.25, 0.3) is 11.6 Å². The lowest BCUT2D eigenvalue weighted by Crippen LogP contribution is -2.39. The van der Waals surface area contributed by atoms with E-state index in [1.54, 1.807) is 0 Å². The fraction of sp³-hybridized carbons (Fsp3) is 0.455. The standard InChI is InChI=1S/C11H6F9N5O2/c1-8(26,11(18,19)20)7-25-24-6(27-7)2-5(21)23-4(10(15,16)17)3(22-2)9(12,13)14/h26H,1H3,(H2,21,23)/t8-/m0/s1. The molecule has 2 aromatic rings. The molecule has 2 aromatic heterocycles. The van der Waals surface area contributed by atoms with Crippen LogP contribution in [0.4, 0.5) is 45.3 Å². The van der Waals surface area contributed by atoms with Crippen molar-refractivity contribution in [1.82, 2.24) is 20.2 Å². The fourth-order valence-corrected chi connectivity index (χ4v) is 1.64. The van der Waals surface area contributed by atoms with E-state index in [9.17, 15) is 44.6 Å². The van der Waals surface area contributed by atoms with Crippen LogP contribution >= 0.6 is 0 Å². The van der Waals surface area contributed by atoms with Gasteiger partial charge in [-0.15, -0.1) is 10.2 Å². The zero-order valence-electron chi connectivity index (χ0n) is 12.6. The van der Waals surface area contributed by atoms with Gasteiger partial charge in [0.2, 0.25) is 5.60 Å². The van der Waals surface area contributed by atoms with Crippen LogP contribution in [-0.2, 0) is 18.0 Å². The molecular formula is C11H6F9N5O2. The number of nitrogens with two attached hydrogens (primary N) is 1. The molecule has 0 radical (unpaired) electrons. The maximum absolute atomic E-state index is 12.9. The maximum atomic E-state index is 12.9. The smallest absolute Gasteiger partial charge is 0.416 e. The second-order valence-electron chi connectivity index (χ2n) is 5.13. The van der Waals surface area contributed by atoms with E-state index >= 15 is 0 Å². The quantitative estimate of drug-likeness (QED) is 0.731. The Hall–Kier alpha value is -2.65. The molecule has 7 nitrogen and oxygen atoms in total. The van der Waals surface area contributed by atoms with Gasteiger partial charge in [-0.25, -0.2) is 9.97 Å². The molecule has 16 heteroatoms. The molecule has 0 aliphatic heterocycles. The van der Waals surface area contributed by atoms with Crippen molar-refractivity contribution in [3.8, 4) is 11.6 Å². The summed E-state index contributed by atoms with van der Waals surface area (Å²) in [5.74, 6) is -3.98. The third-order valence-corrected chi connectivity index (χ3v) is 3.06. The molecule has 0 unspecified atom stereocenters. The normalized spacial score (nSPS) is 15.7. The third-order valence-electron chi connectivity index (χ3n) is 3.06. The zero-order chi connectivity index (χ0) is 21.0. The van der Waals surface area contributed by atoms with Gasteiger partial charge in [-0.3, -0.25) is 0 Å². The first-order chi connectivity index (χ1) is 12.0. The van der Waals surface area contributed by atoms with Crippen LogP contribution in [0.1, 0.15) is 24.2 Å². The van der Waals surface area contributed by atoms with Crippen LogP contribution in [0.3, 0.4) is 0 Å². The highest BCUT2D eigenvalue weighted by molar-refractivity contribution is 5.62. The molecule has 0 amide bonds. The Morgan fingerprint density at radius 3 is 1.78 bits per heavy atom. The molecule has 0 aromatic carbocycles. The number of halogens is 9. The van der Waals surface area contributed by atoms with Gasteiger partial charge in [-0.1, -0.05) is 0 Å². The summed E-state index contributed by atoms with van der Waals surface area (Å²) in [5, 5.41) is 15.1. The lowest BCUT2D eigenvalue weighted by atomic mass is 10.1. The summed E-state index contributed by atoms with van der Waals surface area (Å²) in [6, 6.07) is 0. The molecule has 150 valence electrons. The topological polar surface area (TPSA) is 111 Å². The SMILES string of the molecule is C[C@](O)(c1nnc(-c2nc(C(F)(F)F)c(C(F)(F)F)nc2N)o1)C(F)(F)F. The van der Waals surface area contributed by atoms with Gasteiger partial charge in [0.15, 0.2) is 22.9 Å². The van der Waals surface area contributed by atoms with Gasteiger partial charge in [0, 0.05) is 0 Å². The van der Waals surface area contributed by atoms with E-state index in [-0.39, 0.29) is 6.92 Å². The molecule has 0 saturated heterocycles. The summed E-state index contributed by atoms with van der Waals surface area (Å²) in [6.45, 7) is 0.202. The number of hydrogen-bond donors (Lipinski definition) is 2. The molecule has 27 heavy (non-hydrogen) atoms. The van der Waals surface area contributed by atoms with Gasteiger partial charge >= 0.3 is 18.5 Å². The second-order valence-corrected chi connectivity index (χ2v) is 5.13. The van der Waals surface area contributed by atoms with Gasteiger partial charge in [0.05, 0.1) is 0 Å². The van der Waals surface area contributed by atoms with E-state index in [2.05, 4.69) is 24.6 Å². The Morgan fingerprint density at radius 2 is 1.33 bits per heavy atom. The highest BCUT2D eigenvalue weighted by Gasteiger charge is 2.55. The number of aromatic nitrogens is 4. The van der Waals surface area contributed by atoms with Crippen molar-refractivity contribution in [2.45, 2.75) is 31.1 Å². The largest absolute Gasteiger partial charge is 0.435 e. The fourth-order valence-electron chi connectivity index (χ4n) is 1.64. The van der Waals surface area contributed by atoms with Crippen LogP contribution < -0.4 is 5.73 Å². The van der Waals surface area contributed by atoms with E-state index < -0.39 is 58.8 Å². The summed E-state index contributed by atoms with van der Waals surface area (Å²) < 4.78 is 119. The summed E-state index contributed by atoms with van der Waals surface area (Å²) in [4.78, 5) is 5.21. The minimum Gasteiger partial charge on any atom is -0.416 e. The molecule has 0 aliphatic carbocycles. The third kappa shape index (κ3) is 3.74. The first kappa shape index (κ1) is 20.7. The van der Waals surface area contributed by atoms with E-state index in [1.807, 2.05) is 0 Å². The monoisotopic (exact) mass is 411 g/mol. The highest BCUT2D eigenvalue weighted by atomic mass is 19.4. The summed E-state index contributed by atoms with van der Waals surface area (Å²) in [6.07, 6.45) is -16.5. The van der Waals surface area contributed by atoms with Crippen LogP contribution in [0.5, 0.6) is 0 Å². The van der Waals surface area contributed by atoms with Crippen molar-refractivity contribution in [3.63, 3.8) is 0 Å². The maximum Gasteiger partial charge on any atom is 0.435 e. The Balaban J connectivity index is 2.65. The van der Waals surface area contributed by atoms with E-state index in [0.717, 1.165) is 0 Å². The Morgan fingerprint density at radius 1 is 0.852 bits per heavy atom. The minimum atomic E-state index is -5.64. The van der Waals surface area contributed by atoms with Crippen molar-refractivity contribution >= 4 is 5.82 Å². The molecule has 0 bridgehead atoms. The Bertz CT molecular complexity index is 853. The molecule has 0 spiro atoms. The van der Waals surface area contributed by atoms with Crippen LogP contribution in [-0.4, -0.2) is 31.4 Å². The predicted molar refractivity (Wildman–Crippen MR) is 65.4 cm³/mol. The molecule has 2 heterocycles. The predicted octanol–water partition coefficient (Wildman–Crippen LogP) is 2.92. The lowest BCUT2D eigenvalue weighted by Gasteiger charge is -2.21. The van der Waals surface area contributed by atoms with Crippen LogP contribution in [0, 0.1) is 0 Å². The van der Waals surface area contributed by atoms with Gasteiger partial charge in [-0.05, 0) is 6.92 Å². The number of nitrogen functional groups attached to an aromatic ring is 1. The molecule has 3 N–H and O–H groups in total. The number of anilines is 1. The number of nitrogens with zero attached hydrogens (tertiary/aromatic N) is 4. The number of aliphatic hydroxyl groups is 1. The van der Waals surface area contributed by atoms with E-state index in [1.165, 1.54) is 0 Å². The number of rotatable bonds is 2.